The summed E-state index contributed by atoms with van der Waals surface area (Å²) < 4.78 is 1.08. The van der Waals surface area contributed by atoms with E-state index in [4.69, 9.17) is 15.9 Å². The van der Waals surface area contributed by atoms with Crippen molar-refractivity contribution in [3.63, 3.8) is 0 Å². The number of carboxylic acid groups (broad SMARTS) is 2. The SMILES string of the molecule is N[C@@H](CC[C@@H](Cc1ccc(I)cc1)C(=O)O)C(=O)O. The molecule has 1 aromatic carbocycles. The quantitative estimate of drug-likeness (QED) is 0.629. The molecule has 0 aromatic heterocycles. The largest absolute Gasteiger partial charge is 0.481 e. The summed E-state index contributed by atoms with van der Waals surface area (Å²) in [6.45, 7) is 0. The standard InChI is InChI=1S/C13H16INO4/c14-10-4-1-8(2-5-10)7-9(12(16)17)3-6-11(15)13(18)19/h1-2,4-5,9,11H,3,6-7,15H2,(H,16,17)(H,18,19)/t9-,11-/m0/s1. The van der Waals surface area contributed by atoms with Crippen molar-refractivity contribution in [3.8, 4) is 0 Å². The van der Waals surface area contributed by atoms with Gasteiger partial charge in [-0.1, -0.05) is 12.1 Å². The number of rotatable bonds is 7. The Hall–Kier alpha value is -1.15. The first kappa shape index (κ1) is 15.9. The summed E-state index contributed by atoms with van der Waals surface area (Å²) in [6, 6.07) is 6.60. The summed E-state index contributed by atoms with van der Waals surface area (Å²) >= 11 is 2.18. The third-order valence-corrected chi connectivity index (χ3v) is 3.61. The van der Waals surface area contributed by atoms with Crippen LogP contribution in [0.1, 0.15) is 18.4 Å². The van der Waals surface area contributed by atoms with Gasteiger partial charge < -0.3 is 15.9 Å². The van der Waals surface area contributed by atoms with Gasteiger partial charge >= 0.3 is 11.9 Å². The third-order valence-electron chi connectivity index (χ3n) is 2.89. The van der Waals surface area contributed by atoms with Crippen molar-refractivity contribution >= 4 is 34.5 Å². The number of aliphatic carboxylic acids is 2. The van der Waals surface area contributed by atoms with Gasteiger partial charge in [0.25, 0.3) is 0 Å². The van der Waals surface area contributed by atoms with Crippen LogP contribution in [0, 0.1) is 9.49 Å². The second-order valence-electron chi connectivity index (χ2n) is 4.39. The van der Waals surface area contributed by atoms with E-state index in [-0.39, 0.29) is 12.8 Å². The van der Waals surface area contributed by atoms with Crippen molar-refractivity contribution in [2.45, 2.75) is 25.3 Å². The molecule has 0 radical (unpaired) electrons. The van der Waals surface area contributed by atoms with Crippen LogP contribution in [0.25, 0.3) is 0 Å². The Balaban J connectivity index is 2.60. The maximum absolute atomic E-state index is 11.2. The van der Waals surface area contributed by atoms with Crippen LogP contribution in [-0.4, -0.2) is 28.2 Å². The third kappa shape index (κ3) is 5.56. The van der Waals surface area contributed by atoms with E-state index in [1.807, 2.05) is 24.3 Å². The van der Waals surface area contributed by atoms with E-state index in [0.29, 0.717) is 6.42 Å². The van der Waals surface area contributed by atoms with E-state index in [9.17, 15) is 9.59 Å². The molecule has 0 fully saturated rings. The zero-order chi connectivity index (χ0) is 14.4. The Labute approximate surface area is 124 Å². The number of hydrogen-bond donors (Lipinski definition) is 3. The molecular formula is C13H16INO4. The fourth-order valence-electron chi connectivity index (χ4n) is 1.72. The molecule has 1 rings (SSSR count). The van der Waals surface area contributed by atoms with E-state index in [1.165, 1.54) is 0 Å². The second kappa shape index (κ2) is 7.44. The van der Waals surface area contributed by atoms with Crippen molar-refractivity contribution < 1.29 is 19.8 Å². The molecule has 0 bridgehead atoms. The van der Waals surface area contributed by atoms with Gasteiger partial charge in [-0.2, -0.15) is 0 Å². The molecule has 6 heteroatoms. The molecule has 0 aliphatic heterocycles. The Morgan fingerprint density at radius 2 is 1.68 bits per heavy atom. The average molecular weight is 377 g/mol. The number of carbonyl (C=O) groups is 2. The molecule has 0 spiro atoms. The van der Waals surface area contributed by atoms with Crippen molar-refractivity contribution in [3.05, 3.63) is 33.4 Å². The van der Waals surface area contributed by atoms with Gasteiger partial charge in [0.15, 0.2) is 0 Å². The molecule has 0 saturated heterocycles. The fraction of sp³-hybridized carbons (Fsp3) is 0.385. The molecule has 2 atom stereocenters. The molecule has 19 heavy (non-hydrogen) atoms. The molecule has 0 aliphatic carbocycles. The van der Waals surface area contributed by atoms with E-state index in [2.05, 4.69) is 22.6 Å². The lowest BCUT2D eigenvalue weighted by Crippen LogP contribution is -2.31. The smallest absolute Gasteiger partial charge is 0.320 e. The maximum Gasteiger partial charge on any atom is 0.320 e. The summed E-state index contributed by atoms with van der Waals surface area (Å²) in [6.07, 6.45) is 0.810. The molecule has 0 amide bonds. The Morgan fingerprint density at radius 3 is 2.16 bits per heavy atom. The van der Waals surface area contributed by atoms with Gasteiger partial charge in [0.05, 0.1) is 5.92 Å². The van der Waals surface area contributed by atoms with Crippen molar-refractivity contribution in [2.75, 3.05) is 0 Å². The summed E-state index contributed by atoms with van der Waals surface area (Å²) in [5, 5.41) is 17.8. The van der Waals surface area contributed by atoms with Gasteiger partial charge in [-0.3, -0.25) is 9.59 Å². The molecule has 1 aromatic rings. The normalized spacial score (nSPS) is 13.8. The minimum atomic E-state index is -1.10. The van der Waals surface area contributed by atoms with Crippen LogP contribution in [0.5, 0.6) is 0 Å². The lowest BCUT2D eigenvalue weighted by Gasteiger charge is -2.14. The molecule has 0 unspecified atom stereocenters. The second-order valence-corrected chi connectivity index (χ2v) is 5.63. The van der Waals surface area contributed by atoms with Crippen molar-refractivity contribution in [1.82, 2.24) is 0 Å². The van der Waals surface area contributed by atoms with Gasteiger partial charge in [-0.05, 0) is 59.5 Å². The van der Waals surface area contributed by atoms with Crippen LogP contribution in [-0.2, 0) is 16.0 Å². The topological polar surface area (TPSA) is 101 Å². The Morgan fingerprint density at radius 1 is 1.11 bits per heavy atom. The molecule has 104 valence electrons. The Kier molecular flexibility index (Phi) is 6.23. The monoisotopic (exact) mass is 377 g/mol. The van der Waals surface area contributed by atoms with Crippen LogP contribution in [0.15, 0.2) is 24.3 Å². The highest BCUT2D eigenvalue weighted by Crippen LogP contribution is 2.17. The summed E-state index contributed by atoms with van der Waals surface area (Å²) in [5.41, 5.74) is 6.31. The first-order valence-electron chi connectivity index (χ1n) is 5.85. The lowest BCUT2D eigenvalue weighted by atomic mass is 9.93. The number of benzene rings is 1. The van der Waals surface area contributed by atoms with E-state index in [1.54, 1.807) is 0 Å². The van der Waals surface area contributed by atoms with Gasteiger partial charge in [-0.25, -0.2) is 0 Å². The summed E-state index contributed by atoms with van der Waals surface area (Å²) in [5.74, 6) is -2.62. The molecule has 4 N–H and O–H groups in total. The zero-order valence-electron chi connectivity index (χ0n) is 10.3. The first-order valence-corrected chi connectivity index (χ1v) is 6.93. The van der Waals surface area contributed by atoms with E-state index < -0.39 is 23.9 Å². The van der Waals surface area contributed by atoms with Gasteiger partial charge in [-0.15, -0.1) is 0 Å². The molecule has 0 heterocycles. The van der Waals surface area contributed by atoms with Crippen LogP contribution in [0.3, 0.4) is 0 Å². The molecule has 0 saturated carbocycles. The van der Waals surface area contributed by atoms with E-state index in [0.717, 1.165) is 9.13 Å². The van der Waals surface area contributed by atoms with Crippen LogP contribution < -0.4 is 5.73 Å². The number of halogens is 1. The highest BCUT2D eigenvalue weighted by atomic mass is 127. The van der Waals surface area contributed by atoms with Crippen LogP contribution in [0.4, 0.5) is 0 Å². The highest BCUT2D eigenvalue weighted by Gasteiger charge is 2.21. The predicted octanol–water partition coefficient (Wildman–Crippen LogP) is 1.73. The predicted molar refractivity (Wildman–Crippen MR) is 78.8 cm³/mol. The van der Waals surface area contributed by atoms with Gasteiger partial charge in [0, 0.05) is 3.57 Å². The maximum atomic E-state index is 11.2. The number of nitrogens with two attached hydrogens (primary N) is 1. The first-order chi connectivity index (χ1) is 8.90. The highest BCUT2D eigenvalue weighted by molar-refractivity contribution is 14.1. The molecule has 5 nitrogen and oxygen atoms in total. The minimum Gasteiger partial charge on any atom is -0.481 e. The summed E-state index contributed by atoms with van der Waals surface area (Å²) in [7, 11) is 0. The van der Waals surface area contributed by atoms with Gasteiger partial charge in [0.1, 0.15) is 6.04 Å². The van der Waals surface area contributed by atoms with E-state index >= 15 is 0 Å². The van der Waals surface area contributed by atoms with Crippen molar-refractivity contribution in [2.24, 2.45) is 11.7 Å². The minimum absolute atomic E-state index is 0.163. The zero-order valence-corrected chi connectivity index (χ0v) is 12.4. The lowest BCUT2D eigenvalue weighted by molar-refractivity contribution is -0.143. The number of carboxylic acids is 2. The number of hydrogen-bond acceptors (Lipinski definition) is 3. The van der Waals surface area contributed by atoms with Crippen molar-refractivity contribution in [1.29, 1.82) is 0 Å². The molecular weight excluding hydrogens is 361 g/mol. The fourth-order valence-corrected chi connectivity index (χ4v) is 2.08. The summed E-state index contributed by atoms with van der Waals surface area (Å²) in [4.78, 5) is 21.8. The van der Waals surface area contributed by atoms with Crippen LogP contribution >= 0.6 is 22.6 Å². The average Bonchev–Trinajstić information content (AvgIpc) is 2.35. The van der Waals surface area contributed by atoms with Gasteiger partial charge in [0.2, 0.25) is 0 Å². The molecule has 0 aliphatic rings. The Bertz CT molecular complexity index is 446. The van der Waals surface area contributed by atoms with Crippen LogP contribution in [0.2, 0.25) is 0 Å².